The Labute approximate surface area is 125 Å². The summed E-state index contributed by atoms with van der Waals surface area (Å²) in [5.41, 5.74) is 1.68. The van der Waals surface area contributed by atoms with E-state index in [-0.39, 0.29) is 10.8 Å². The third-order valence-corrected chi connectivity index (χ3v) is 4.74. The number of hydrogen-bond acceptors (Lipinski definition) is 3. The van der Waals surface area contributed by atoms with E-state index in [0.29, 0.717) is 24.2 Å². The van der Waals surface area contributed by atoms with Crippen LogP contribution < -0.4 is 0 Å². The number of carbonyl (C=O) groups is 1. The van der Waals surface area contributed by atoms with E-state index in [2.05, 4.69) is 0 Å². The summed E-state index contributed by atoms with van der Waals surface area (Å²) in [5.74, 6) is -0.168. The fourth-order valence-corrected chi connectivity index (χ4v) is 3.33. The first kappa shape index (κ1) is 17.0. The molecule has 0 aromatic heterocycles. The summed E-state index contributed by atoms with van der Waals surface area (Å²) in [7, 11) is 1.58. The molecule has 0 radical (unpaired) electrons. The number of hydrogen-bond donors (Lipinski definition) is 0. The Morgan fingerprint density at radius 3 is 2.30 bits per heavy atom. The van der Waals surface area contributed by atoms with Crippen LogP contribution in [-0.2, 0) is 9.05 Å². The first-order chi connectivity index (χ1) is 9.22. The standard InChI is InChI=1S/C14H20ClNO3S/c1-5-7-16(6-2)14(17)12-8-10(3)11(4)13(9-12)20(15,18)19/h8-9H,5-7H2,1-4H3. The highest BCUT2D eigenvalue weighted by Gasteiger charge is 2.20. The molecule has 0 N–H and O–H groups in total. The number of benzene rings is 1. The summed E-state index contributed by atoms with van der Waals surface area (Å²) in [6.07, 6.45) is 0.852. The highest BCUT2D eigenvalue weighted by atomic mass is 35.7. The van der Waals surface area contributed by atoms with Crippen molar-refractivity contribution in [2.75, 3.05) is 13.1 Å². The van der Waals surface area contributed by atoms with Crippen LogP contribution in [-0.4, -0.2) is 32.3 Å². The molecule has 0 aliphatic rings. The monoisotopic (exact) mass is 317 g/mol. The van der Waals surface area contributed by atoms with Crippen LogP contribution in [0.2, 0.25) is 0 Å². The van der Waals surface area contributed by atoms with Crippen LogP contribution in [0.4, 0.5) is 0 Å². The Balaban J connectivity index is 3.34. The van der Waals surface area contributed by atoms with E-state index in [1.807, 2.05) is 13.8 Å². The maximum Gasteiger partial charge on any atom is 0.261 e. The van der Waals surface area contributed by atoms with Crippen LogP contribution in [0.3, 0.4) is 0 Å². The smallest absolute Gasteiger partial charge is 0.261 e. The Morgan fingerprint density at radius 2 is 1.85 bits per heavy atom. The maximum atomic E-state index is 12.4. The zero-order chi connectivity index (χ0) is 15.5. The van der Waals surface area contributed by atoms with Gasteiger partial charge in [-0.1, -0.05) is 6.92 Å². The SMILES string of the molecule is CCCN(CC)C(=O)c1cc(C)c(C)c(S(=O)(=O)Cl)c1. The second kappa shape index (κ2) is 6.59. The summed E-state index contributed by atoms with van der Waals surface area (Å²) in [6.45, 7) is 8.57. The van der Waals surface area contributed by atoms with Gasteiger partial charge in [-0.15, -0.1) is 0 Å². The molecule has 20 heavy (non-hydrogen) atoms. The number of aryl methyl sites for hydroxylation is 1. The molecule has 0 bridgehead atoms. The van der Waals surface area contributed by atoms with Gasteiger partial charge in [0.25, 0.3) is 15.0 Å². The van der Waals surface area contributed by atoms with Crippen molar-refractivity contribution in [2.24, 2.45) is 0 Å². The highest BCUT2D eigenvalue weighted by Crippen LogP contribution is 2.25. The van der Waals surface area contributed by atoms with Gasteiger partial charge in [0.1, 0.15) is 0 Å². The molecule has 0 aliphatic heterocycles. The average molecular weight is 318 g/mol. The van der Waals surface area contributed by atoms with Crippen molar-refractivity contribution in [3.8, 4) is 0 Å². The van der Waals surface area contributed by atoms with Gasteiger partial charge in [0.15, 0.2) is 0 Å². The van der Waals surface area contributed by atoms with Gasteiger partial charge >= 0.3 is 0 Å². The van der Waals surface area contributed by atoms with E-state index in [1.54, 1.807) is 24.8 Å². The lowest BCUT2D eigenvalue weighted by Gasteiger charge is -2.21. The number of nitrogens with zero attached hydrogens (tertiary/aromatic N) is 1. The van der Waals surface area contributed by atoms with Crippen LogP contribution >= 0.6 is 10.7 Å². The van der Waals surface area contributed by atoms with Crippen molar-refractivity contribution in [3.05, 3.63) is 28.8 Å². The van der Waals surface area contributed by atoms with Crippen molar-refractivity contribution in [1.82, 2.24) is 4.90 Å². The molecule has 0 aliphatic carbocycles. The normalized spacial score (nSPS) is 11.4. The van der Waals surface area contributed by atoms with Crippen molar-refractivity contribution in [3.63, 3.8) is 0 Å². The van der Waals surface area contributed by atoms with Crippen molar-refractivity contribution in [1.29, 1.82) is 0 Å². The van der Waals surface area contributed by atoms with Crippen LogP contribution in [0.15, 0.2) is 17.0 Å². The molecular weight excluding hydrogens is 298 g/mol. The molecule has 1 amide bonds. The lowest BCUT2D eigenvalue weighted by Crippen LogP contribution is -2.31. The van der Waals surface area contributed by atoms with E-state index in [4.69, 9.17) is 10.7 Å². The second-order valence-electron chi connectivity index (χ2n) is 4.74. The van der Waals surface area contributed by atoms with Crippen molar-refractivity contribution >= 4 is 25.6 Å². The molecule has 0 saturated carbocycles. The average Bonchev–Trinajstić information content (AvgIpc) is 2.36. The molecule has 0 fully saturated rings. The van der Waals surface area contributed by atoms with Gasteiger partial charge in [-0.05, 0) is 50.5 Å². The topological polar surface area (TPSA) is 54.5 Å². The molecule has 0 spiro atoms. The zero-order valence-electron chi connectivity index (χ0n) is 12.2. The summed E-state index contributed by atoms with van der Waals surface area (Å²) in [6, 6.07) is 3.08. The van der Waals surface area contributed by atoms with Crippen LogP contribution in [0.25, 0.3) is 0 Å². The van der Waals surface area contributed by atoms with E-state index in [0.717, 1.165) is 12.0 Å². The Morgan fingerprint density at radius 1 is 1.25 bits per heavy atom. The Bertz CT molecular complexity index is 611. The van der Waals surface area contributed by atoms with E-state index < -0.39 is 9.05 Å². The third kappa shape index (κ3) is 3.73. The maximum absolute atomic E-state index is 12.4. The van der Waals surface area contributed by atoms with Gasteiger partial charge in [-0.3, -0.25) is 4.79 Å². The molecule has 1 aromatic carbocycles. The first-order valence-electron chi connectivity index (χ1n) is 6.57. The molecule has 112 valence electrons. The minimum absolute atomic E-state index is 0.00932. The van der Waals surface area contributed by atoms with E-state index in [1.165, 1.54) is 6.07 Å². The zero-order valence-corrected chi connectivity index (χ0v) is 13.8. The number of amides is 1. The summed E-state index contributed by atoms with van der Waals surface area (Å²) in [4.78, 5) is 14.1. The Hall–Kier alpha value is -1.07. The fourth-order valence-electron chi connectivity index (χ4n) is 2.06. The highest BCUT2D eigenvalue weighted by molar-refractivity contribution is 8.13. The van der Waals surface area contributed by atoms with Gasteiger partial charge in [-0.2, -0.15) is 0 Å². The molecule has 0 saturated heterocycles. The third-order valence-electron chi connectivity index (χ3n) is 3.29. The largest absolute Gasteiger partial charge is 0.339 e. The molecule has 6 heteroatoms. The van der Waals surface area contributed by atoms with Crippen LogP contribution in [0.5, 0.6) is 0 Å². The number of halogens is 1. The van der Waals surface area contributed by atoms with Gasteiger partial charge in [0, 0.05) is 29.3 Å². The van der Waals surface area contributed by atoms with Crippen molar-refractivity contribution in [2.45, 2.75) is 39.0 Å². The number of carbonyl (C=O) groups excluding carboxylic acids is 1. The van der Waals surface area contributed by atoms with Gasteiger partial charge < -0.3 is 4.90 Å². The summed E-state index contributed by atoms with van der Waals surface area (Å²) in [5, 5.41) is 0. The number of rotatable bonds is 5. The molecule has 0 heterocycles. The summed E-state index contributed by atoms with van der Waals surface area (Å²) < 4.78 is 23.2. The fraction of sp³-hybridized carbons (Fsp3) is 0.500. The minimum atomic E-state index is -3.86. The van der Waals surface area contributed by atoms with Gasteiger partial charge in [0.2, 0.25) is 0 Å². The predicted molar refractivity (Wildman–Crippen MR) is 80.8 cm³/mol. The summed E-state index contributed by atoms with van der Waals surface area (Å²) >= 11 is 0. The first-order valence-corrected chi connectivity index (χ1v) is 8.88. The Kier molecular flexibility index (Phi) is 5.59. The van der Waals surface area contributed by atoms with Gasteiger partial charge in [0.05, 0.1) is 4.90 Å². The molecule has 4 nitrogen and oxygen atoms in total. The molecule has 0 unspecified atom stereocenters. The molecule has 0 atom stereocenters. The van der Waals surface area contributed by atoms with E-state index in [9.17, 15) is 13.2 Å². The molecule has 1 rings (SSSR count). The minimum Gasteiger partial charge on any atom is -0.339 e. The predicted octanol–water partition coefficient (Wildman–Crippen LogP) is 3.10. The second-order valence-corrected chi connectivity index (χ2v) is 7.27. The quantitative estimate of drug-likeness (QED) is 0.784. The van der Waals surface area contributed by atoms with E-state index >= 15 is 0 Å². The van der Waals surface area contributed by atoms with Crippen LogP contribution in [0, 0.1) is 13.8 Å². The lowest BCUT2D eigenvalue weighted by atomic mass is 10.1. The van der Waals surface area contributed by atoms with Crippen LogP contribution in [0.1, 0.15) is 41.8 Å². The van der Waals surface area contributed by atoms with Gasteiger partial charge in [-0.25, -0.2) is 8.42 Å². The molecule has 1 aromatic rings. The van der Waals surface area contributed by atoms with Crippen molar-refractivity contribution < 1.29 is 13.2 Å². The molecular formula is C14H20ClNO3S. The lowest BCUT2D eigenvalue weighted by molar-refractivity contribution is 0.0764.